The van der Waals surface area contributed by atoms with E-state index >= 15 is 0 Å². The molecule has 2 nitrogen and oxygen atoms in total. The highest BCUT2D eigenvalue weighted by atomic mass is 16.3. The van der Waals surface area contributed by atoms with Crippen molar-refractivity contribution >= 4 is 0 Å². The smallest absolute Gasteiger partial charge is 0.0675 e. The van der Waals surface area contributed by atoms with E-state index in [9.17, 15) is 10.2 Å². The van der Waals surface area contributed by atoms with Gasteiger partial charge < -0.3 is 10.2 Å². The highest BCUT2D eigenvalue weighted by molar-refractivity contribution is 5.12. The minimum absolute atomic E-state index is 0.0457. The van der Waals surface area contributed by atoms with Crippen LogP contribution in [0.2, 0.25) is 0 Å². The van der Waals surface area contributed by atoms with Crippen molar-refractivity contribution in [2.24, 2.45) is 34.5 Å². The quantitative estimate of drug-likeness (QED) is 0.706. The minimum Gasteiger partial charge on any atom is -0.393 e. The molecule has 4 aliphatic carbocycles. The molecule has 2 N–H and O–H groups in total. The first kappa shape index (κ1) is 15.4. The molecular formula is C20H34O2. The lowest BCUT2D eigenvalue weighted by atomic mass is 9.44. The summed E-state index contributed by atoms with van der Waals surface area (Å²) >= 11 is 0. The monoisotopic (exact) mass is 306 g/mol. The van der Waals surface area contributed by atoms with Crippen molar-refractivity contribution in [3.8, 4) is 0 Å². The summed E-state index contributed by atoms with van der Waals surface area (Å²) in [7, 11) is 0. The van der Waals surface area contributed by atoms with Crippen LogP contribution < -0.4 is 0 Å². The van der Waals surface area contributed by atoms with Gasteiger partial charge in [0.25, 0.3) is 0 Å². The summed E-state index contributed by atoms with van der Waals surface area (Å²) in [6.45, 7) is 7.01. The van der Waals surface area contributed by atoms with Crippen LogP contribution in [0.5, 0.6) is 0 Å². The minimum atomic E-state index is -0.455. The molecule has 0 aromatic rings. The van der Waals surface area contributed by atoms with E-state index in [0.717, 1.165) is 42.9 Å². The molecule has 0 heterocycles. The Kier molecular flexibility index (Phi) is 3.32. The van der Waals surface area contributed by atoms with E-state index in [-0.39, 0.29) is 11.5 Å². The van der Waals surface area contributed by atoms with Crippen molar-refractivity contribution in [3.63, 3.8) is 0 Å². The molecule has 4 fully saturated rings. The van der Waals surface area contributed by atoms with Gasteiger partial charge in [0.1, 0.15) is 0 Å². The molecule has 0 bridgehead atoms. The molecule has 2 heteroatoms. The zero-order valence-corrected chi connectivity index (χ0v) is 14.6. The van der Waals surface area contributed by atoms with Crippen molar-refractivity contribution < 1.29 is 10.2 Å². The molecule has 8 atom stereocenters. The number of aliphatic hydroxyl groups is 2. The van der Waals surface area contributed by atoms with Crippen LogP contribution in [0, 0.1) is 34.5 Å². The third-order valence-electron chi connectivity index (χ3n) is 9.20. The summed E-state index contributed by atoms with van der Waals surface area (Å²) in [5, 5.41) is 21.0. The molecule has 0 radical (unpaired) electrons. The first-order valence-corrected chi connectivity index (χ1v) is 9.68. The van der Waals surface area contributed by atoms with E-state index in [1.54, 1.807) is 0 Å². The summed E-state index contributed by atoms with van der Waals surface area (Å²) in [6.07, 6.45) is 10.6. The molecule has 126 valence electrons. The van der Waals surface area contributed by atoms with E-state index in [4.69, 9.17) is 0 Å². The first-order valence-electron chi connectivity index (χ1n) is 9.68. The van der Waals surface area contributed by atoms with Crippen molar-refractivity contribution in [1.82, 2.24) is 0 Å². The Morgan fingerprint density at radius 1 is 0.818 bits per heavy atom. The molecule has 22 heavy (non-hydrogen) atoms. The molecule has 0 aromatic heterocycles. The fraction of sp³-hybridized carbons (Fsp3) is 1.00. The highest BCUT2D eigenvalue weighted by Crippen LogP contribution is 2.68. The van der Waals surface area contributed by atoms with E-state index in [0.29, 0.717) is 5.41 Å². The molecule has 0 unspecified atom stereocenters. The van der Waals surface area contributed by atoms with Gasteiger partial charge in [0.15, 0.2) is 0 Å². The van der Waals surface area contributed by atoms with E-state index < -0.39 is 5.60 Å². The Balaban J connectivity index is 1.64. The lowest BCUT2D eigenvalue weighted by Gasteiger charge is -2.61. The predicted octanol–water partition coefficient (Wildman–Crippen LogP) is 4.14. The zero-order valence-electron chi connectivity index (χ0n) is 14.6. The summed E-state index contributed by atoms with van der Waals surface area (Å²) < 4.78 is 0. The number of fused-ring (bicyclic) bond motifs is 5. The SMILES string of the molecule is C[C@]12CC[C@H](O)C[C@H]1CC[C@@H]1[C@@H]2CC[C@@]2(C)[C@H]1CC[C@@]2(C)O. The molecule has 0 amide bonds. The third-order valence-corrected chi connectivity index (χ3v) is 9.20. The van der Waals surface area contributed by atoms with Crippen molar-refractivity contribution in [2.75, 3.05) is 0 Å². The number of hydrogen-bond donors (Lipinski definition) is 2. The first-order chi connectivity index (χ1) is 10.3. The van der Waals surface area contributed by atoms with Crippen LogP contribution in [0.15, 0.2) is 0 Å². The van der Waals surface area contributed by atoms with Crippen LogP contribution in [0.4, 0.5) is 0 Å². The van der Waals surface area contributed by atoms with Crippen LogP contribution in [0.1, 0.15) is 78.6 Å². The van der Waals surface area contributed by atoms with E-state index in [1.807, 2.05) is 0 Å². The van der Waals surface area contributed by atoms with Crippen LogP contribution >= 0.6 is 0 Å². The van der Waals surface area contributed by atoms with Crippen LogP contribution in [0.3, 0.4) is 0 Å². The van der Waals surface area contributed by atoms with Gasteiger partial charge in [-0.25, -0.2) is 0 Å². The fourth-order valence-corrected chi connectivity index (χ4v) is 7.48. The molecule has 4 saturated carbocycles. The second kappa shape index (κ2) is 4.72. The van der Waals surface area contributed by atoms with Crippen LogP contribution in [-0.4, -0.2) is 21.9 Å². The lowest BCUT2D eigenvalue weighted by molar-refractivity contribution is -0.153. The van der Waals surface area contributed by atoms with Gasteiger partial charge in [0.05, 0.1) is 11.7 Å². The maximum absolute atomic E-state index is 10.9. The third kappa shape index (κ3) is 1.86. The summed E-state index contributed by atoms with van der Waals surface area (Å²) in [5.41, 5.74) is 0.145. The average molecular weight is 306 g/mol. The fourth-order valence-electron chi connectivity index (χ4n) is 7.48. The van der Waals surface area contributed by atoms with Gasteiger partial charge in [-0.15, -0.1) is 0 Å². The molecule has 0 aromatic carbocycles. The molecule has 0 spiro atoms. The Hall–Kier alpha value is -0.0800. The zero-order chi connectivity index (χ0) is 15.8. The number of rotatable bonds is 0. The van der Waals surface area contributed by atoms with E-state index in [1.165, 1.54) is 38.5 Å². The molecule has 4 aliphatic rings. The Morgan fingerprint density at radius 2 is 1.55 bits per heavy atom. The van der Waals surface area contributed by atoms with Gasteiger partial charge in [-0.05, 0) is 99.2 Å². The molecule has 0 saturated heterocycles. The Morgan fingerprint density at radius 3 is 2.32 bits per heavy atom. The van der Waals surface area contributed by atoms with Crippen LogP contribution in [0.25, 0.3) is 0 Å². The second-order valence-electron chi connectivity index (χ2n) is 9.85. The maximum atomic E-state index is 10.9. The molecule has 0 aliphatic heterocycles. The van der Waals surface area contributed by atoms with E-state index in [2.05, 4.69) is 20.8 Å². The van der Waals surface area contributed by atoms with Gasteiger partial charge in [-0.2, -0.15) is 0 Å². The average Bonchev–Trinajstić information content (AvgIpc) is 2.70. The molecule has 4 rings (SSSR count). The van der Waals surface area contributed by atoms with Crippen molar-refractivity contribution in [3.05, 3.63) is 0 Å². The second-order valence-corrected chi connectivity index (χ2v) is 9.85. The topological polar surface area (TPSA) is 40.5 Å². The summed E-state index contributed by atoms with van der Waals surface area (Å²) in [5.74, 6) is 3.13. The Bertz CT molecular complexity index is 459. The highest BCUT2D eigenvalue weighted by Gasteiger charge is 2.63. The standard InChI is InChI=1S/C20H34O2/c1-18-9-6-14(21)12-13(18)4-5-15-16(18)7-10-19(2)17(15)8-11-20(19,3)22/h13-17,21-22H,4-12H2,1-3H3/t13-,14+,15-,16+,17+,18+,19+,20-/m1/s1. The summed E-state index contributed by atoms with van der Waals surface area (Å²) in [4.78, 5) is 0. The normalized spacial score (nSPS) is 61.2. The van der Waals surface area contributed by atoms with Gasteiger partial charge in [0, 0.05) is 0 Å². The van der Waals surface area contributed by atoms with Crippen molar-refractivity contribution in [1.29, 1.82) is 0 Å². The predicted molar refractivity (Wildman–Crippen MR) is 88.4 cm³/mol. The van der Waals surface area contributed by atoms with Crippen LogP contribution in [-0.2, 0) is 0 Å². The number of aliphatic hydroxyl groups excluding tert-OH is 1. The van der Waals surface area contributed by atoms with Gasteiger partial charge in [-0.3, -0.25) is 0 Å². The molecular weight excluding hydrogens is 272 g/mol. The lowest BCUT2D eigenvalue weighted by Crippen LogP contribution is -2.56. The Labute approximate surface area is 135 Å². The number of hydrogen-bond acceptors (Lipinski definition) is 2. The maximum Gasteiger partial charge on any atom is 0.0675 e. The van der Waals surface area contributed by atoms with Crippen molar-refractivity contribution in [2.45, 2.75) is 90.3 Å². The van der Waals surface area contributed by atoms with Gasteiger partial charge in [-0.1, -0.05) is 13.8 Å². The summed E-state index contributed by atoms with van der Waals surface area (Å²) in [6, 6.07) is 0. The van der Waals surface area contributed by atoms with Gasteiger partial charge >= 0.3 is 0 Å². The van der Waals surface area contributed by atoms with Gasteiger partial charge in [0.2, 0.25) is 0 Å². The largest absolute Gasteiger partial charge is 0.393 e.